The van der Waals surface area contributed by atoms with Crippen molar-refractivity contribution in [2.24, 2.45) is 5.73 Å². The topological polar surface area (TPSA) is 63.3 Å². The quantitative estimate of drug-likeness (QED) is 0.768. The molecule has 0 aliphatic carbocycles. The molecule has 0 radical (unpaired) electrons. The summed E-state index contributed by atoms with van der Waals surface area (Å²) < 4.78 is 0. The zero-order valence-corrected chi connectivity index (χ0v) is 10.9. The molecule has 0 fully saturated rings. The summed E-state index contributed by atoms with van der Waals surface area (Å²) in [5.74, 6) is -0.901. The maximum Gasteiger partial charge on any atom is 0.336 e. The van der Waals surface area contributed by atoms with Crippen molar-refractivity contribution < 1.29 is 9.90 Å². The SMILES string of the molecule is CCCCC[C@H](N)c1ccccc1C(=O)O.Cl. The molecule has 0 aromatic heterocycles. The van der Waals surface area contributed by atoms with Gasteiger partial charge in [-0.25, -0.2) is 4.79 Å². The lowest BCUT2D eigenvalue weighted by molar-refractivity contribution is 0.0695. The van der Waals surface area contributed by atoms with E-state index in [0.29, 0.717) is 5.56 Å². The second kappa shape index (κ2) is 8.09. The molecule has 96 valence electrons. The molecule has 4 heteroatoms. The van der Waals surface area contributed by atoms with Crippen molar-refractivity contribution in [2.75, 3.05) is 0 Å². The standard InChI is InChI=1S/C13H19NO2.ClH/c1-2-3-4-9-12(14)10-7-5-6-8-11(10)13(15)16;/h5-8,12H,2-4,9,14H2,1H3,(H,15,16);1H/t12-;/m0./s1. The molecule has 0 bridgehead atoms. The lowest BCUT2D eigenvalue weighted by Gasteiger charge is -2.14. The molecule has 0 saturated heterocycles. The molecule has 17 heavy (non-hydrogen) atoms. The van der Waals surface area contributed by atoms with E-state index < -0.39 is 5.97 Å². The van der Waals surface area contributed by atoms with Crippen LogP contribution in [-0.4, -0.2) is 11.1 Å². The Labute approximate surface area is 108 Å². The zero-order valence-electron chi connectivity index (χ0n) is 10.1. The highest BCUT2D eigenvalue weighted by Crippen LogP contribution is 2.21. The molecule has 0 aliphatic rings. The molecule has 3 nitrogen and oxygen atoms in total. The number of rotatable bonds is 6. The van der Waals surface area contributed by atoms with Gasteiger partial charge in [0.25, 0.3) is 0 Å². The summed E-state index contributed by atoms with van der Waals surface area (Å²) >= 11 is 0. The Morgan fingerprint density at radius 3 is 2.59 bits per heavy atom. The molecule has 1 rings (SSSR count). The van der Waals surface area contributed by atoms with Crippen LogP contribution in [0, 0.1) is 0 Å². The smallest absolute Gasteiger partial charge is 0.336 e. The maximum absolute atomic E-state index is 11.0. The van der Waals surface area contributed by atoms with Crippen LogP contribution in [-0.2, 0) is 0 Å². The van der Waals surface area contributed by atoms with Gasteiger partial charge in [0.15, 0.2) is 0 Å². The van der Waals surface area contributed by atoms with E-state index in [9.17, 15) is 4.79 Å². The highest BCUT2D eigenvalue weighted by molar-refractivity contribution is 5.89. The normalized spacial score (nSPS) is 11.6. The molecule has 0 heterocycles. The number of halogens is 1. The summed E-state index contributed by atoms with van der Waals surface area (Å²) in [6.07, 6.45) is 4.18. The molecule has 0 amide bonds. The first kappa shape index (κ1) is 15.9. The van der Waals surface area contributed by atoms with Crippen LogP contribution in [0.15, 0.2) is 24.3 Å². The monoisotopic (exact) mass is 257 g/mol. The van der Waals surface area contributed by atoms with Crippen molar-refractivity contribution in [2.45, 2.75) is 38.6 Å². The highest BCUT2D eigenvalue weighted by Gasteiger charge is 2.14. The summed E-state index contributed by atoms with van der Waals surface area (Å²) in [6.45, 7) is 2.14. The van der Waals surface area contributed by atoms with Crippen molar-refractivity contribution >= 4 is 18.4 Å². The Kier molecular flexibility index (Phi) is 7.59. The van der Waals surface area contributed by atoms with Gasteiger partial charge in [-0.1, -0.05) is 44.4 Å². The first-order valence-electron chi connectivity index (χ1n) is 5.74. The van der Waals surface area contributed by atoms with Gasteiger partial charge in [0, 0.05) is 6.04 Å². The Morgan fingerprint density at radius 1 is 1.35 bits per heavy atom. The van der Waals surface area contributed by atoms with Crippen molar-refractivity contribution in [1.82, 2.24) is 0 Å². The van der Waals surface area contributed by atoms with Crippen LogP contribution in [0.2, 0.25) is 0 Å². The fourth-order valence-corrected chi connectivity index (χ4v) is 1.78. The molecule has 1 aromatic rings. The molecule has 0 unspecified atom stereocenters. The Bertz CT molecular complexity index is 355. The van der Waals surface area contributed by atoms with Crippen LogP contribution in [0.25, 0.3) is 0 Å². The van der Waals surface area contributed by atoms with Crippen LogP contribution in [0.5, 0.6) is 0 Å². The maximum atomic E-state index is 11.0. The van der Waals surface area contributed by atoms with Crippen LogP contribution in [0.4, 0.5) is 0 Å². The summed E-state index contributed by atoms with van der Waals surface area (Å²) in [5, 5.41) is 9.03. The minimum absolute atomic E-state index is 0. The van der Waals surface area contributed by atoms with Crippen molar-refractivity contribution in [3.8, 4) is 0 Å². The molecule has 0 aliphatic heterocycles. The van der Waals surface area contributed by atoms with E-state index in [1.54, 1.807) is 18.2 Å². The minimum Gasteiger partial charge on any atom is -0.478 e. The third-order valence-corrected chi connectivity index (χ3v) is 2.71. The number of carboxylic acids is 1. The molecule has 3 N–H and O–H groups in total. The van der Waals surface area contributed by atoms with E-state index in [2.05, 4.69) is 6.92 Å². The van der Waals surface area contributed by atoms with Gasteiger partial charge in [-0.2, -0.15) is 0 Å². The Hall–Kier alpha value is -1.06. The average molecular weight is 258 g/mol. The van der Waals surface area contributed by atoms with Gasteiger partial charge in [-0.05, 0) is 18.1 Å². The number of hydrogen-bond acceptors (Lipinski definition) is 2. The summed E-state index contributed by atoms with van der Waals surface area (Å²) in [5.41, 5.74) is 7.08. The molecule has 0 spiro atoms. The number of carboxylic acid groups (broad SMARTS) is 1. The number of hydrogen-bond donors (Lipinski definition) is 2. The van der Waals surface area contributed by atoms with Gasteiger partial charge in [0.1, 0.15) is 0 Å². The number of unbranched alkanes of at least 4 members (excludes halogenated alkanes) is 2. The Balaban J connectivity index is 0.00000256. The number of aromatic carboxylic acids is 1. The Morgan fingerprint density at radius 2 is 2.00 bits per heavy atom. The first-order valence-corrected chi connectivity index (χ1v) is 5.74. The van der Waals surface area contributed by atoms with Crippen LogP contribution in [0.1, 0.15) is 54.6 Å². The predicted octanol–water partition coefficient (Wildman–Crippen LogP) is 3.39. The minimum atomic E-state index is -0.901. The molecule has 0 saturated carbocycles. The van der Waals surface area contributed by atoms with E-state index >= 15 is 0 Å². The third-order valence-electron chi connectivity index (χ3n) is 2.71. The molecule has 1 aromatic carbocycles. The highest BCUT2D eigenvalue weighted by atomic mass is 35.5. The van der Waals surface area contributed by atoms with E-state index in [0.717, 1.165) is 31.2 Å². The second-order valence-corrected chi connectivity index (χ2v) is 3.99. The van der Waals surface area contributed by atoms with Crippen molar-refractivity contribution in [3.63, 3.8) is 0 Å². The van der Waals surface area contributed by atoms with Gasteiger partial charge in [-0.3, -0.25) is 0 Å². The fraction of sp³-hybridized carbons (Fsp3) is 0.462. The van der Waals surface area contributed by atoms with Gasteiger partial charge >= 0.3 is 5.97 Å². The number of benzene rings is 1. The predicted molar refractivity (Wildman–Crippen MR) is 71.7 cm³/mol. The van der Waals surface area contributed by atoms with Gasteiger partial charge in [0.05, 0.1) is 5.56 Å². The van der Waals surface area contributed by atoms with Gasteiger partial charge in [0.2, 0.25) is 0 Å². The lowest BCUT2D eigenvalue weighted by Crippen LogP contribution is -2.14. The molecular formula is C13H20ClNO2. The summed E-state index contributed by atoms with van der Waals surface area (Å²) in [6, 6.07) is 6.81. The van der Waals surface area contributed by atoms with Crippen LogP contribution >= 0.6 is 12.4 Å². The van der Waals surface area contributed by atoms with Gasteiger partial charge < -0.3 is 10.8 Å². The van der Waals surface area contributed by atoms with Crippen molar-refractivity contribution in [1.29, 1.82) is 0 Å². The van der Waals surface area contributed by atoms with Crippen LogP contribution < -0.4 is 5.73 Å². The fourth-order valence-electron chi connectivity index (χ4n) is 1.78. The largest absolute Gasteiger partial charge is 0.478 e. The average Bonchev–Trinajstić information content (AvgIpc) is 2.29. The zero-order chi connectivity index (χ0) is 12.0. The first-order chi connectivity index (χ1) is 7.66. The molecule has 1 atom stereocenters. The van der Waals surface area contributed by atoms with E-state index in [1.807, 2.05) is 6.07 Å². The third kappa shape index (κ3) is 4.75. The van der Waals surface area contributed by atoms with E-state index in [1.165, 1.54) is 0 Å². The van der Waals surface area contributed by atoms with E-state index in [-0.39, 0.29) is 18.4 Å². The number of carbonyl (C=O) groups is 1. The number of nitrogens with two attached hydrogens (primary N) is 1. The molecular weight excluding hydrogens is 238 g/mol. The lowest BCUT2D eigenvalue weighted by atomic mass is 9.96. The summed E-state index contributed by atoms with van der Waals surface area (Å²) in [7, 11) is 0. The van der Waals surface area contributed by atoms with Crippen LogP contribution in [0.3, 0.4) is 0 Å². The second-order valence-electron chi connectivity index (χ2n) is 3.99. The van der Waals surface area contributed by atoms with Crippen molar-refractivity contribution in [3.05, 3.63) is 35.4 Å². The van der Waals surface area contributed by atoms with Gasteiger partial charge in [-0.15, -0.1) is 12.4 Å². The van der Waals surface area contributed by atoms with E-state index in [4.69, 9.17) is 10.8 Å². The summed E-state index contributed by atoms with van der Waals surface area (Å²) in [4.78, 5) is 11.0.